The second-order valence-electron chi connectivity index (χ2n) is 3.88. The second-order valence-corrected chi connectivity index (χ2v) is 4.68. The average molecular weight is 253 g/mol. The minimum Gasteiger partial charge on any atom is -0.460 e. The molecule has 1 heterocycles. The summed E-state index contributed by atoms with van der Waals surface area (Å²) in [6, 6.07) is 6.37. The van der Waals surface area contributed by atoms with E-state index in [0.717, 1.165) is 15.8 Å². The molecule has 0 radical (unpaired) electrons. The number of fused-ring (bicyclic) bond motifs is 1. The van der Waals surface area contributed by atoms with E-state index in [0.29, 0.717) is 5.92 Å². The van der Waals surface area contributed by atoms with Gasteiger partial charge in [0, 0.05) is 5.39 Å². The van der Waals surface area contributed by atoms with Crippen molar-refractivity contribution in [2.24, 2.45) is 0 Å². The molecule has 1 aromatic carbocycles. The van der Waals surface area contributed by atoms with Gasteiger partial charge in [-0.25, -0.2) is 0 Å². The Kier molecular flexibility index (Phi) is 2.40. The smallest absolute Gasteiger partial charge is 0.135 e. The van der Waals surface area contributed by atoms with Gasteiger partial charge < -0.3 is 4.42 Å². The fourth-order valence-electron chi connectivity index (χ4n) is 1.57. The van der Waals surface area contributed by atoms with Gasteiger partial charge in [-0.15, -0.1) is 0 Å². The maximum Gasteiger partial charge on any atom is 0.135 e. The molecule has 0 fully saturated rings. The van der Waals surface area contributed by atoms with Crippen LogP contribution in [-0.4, -0.2) is 0 Å². The Morgan fingerprint density at radius 2 is 2.00 bits per heavy atom. The van der Waals surface area contributed by atoms with E-state index in [4.69, 9.17) is 4.42 Å². The molecule has 1 nitrogen and oxygen atoms in total. The third kappa shape index (κ3) is 1.48. The number of benzene rings is 1. The first-order valence-corrected chi connectivity index (χ1v) is 5.57. The van der Waals surface area contributed by atoms with Gasteiger partial charge in [0.25, 0.3) is 0 Å². The molecule has 0 spiro atoms. The van der Waals surface area contributed by atoms with E-state index < -0.39 is 0 Å². The molecule has 0 aliphatic carbocycles. The summed E-state index contributed by atoms with van der Waals surface area (Å²) in [6.07, 6.45) is 0. The molecule has 14 heavy (non-hydrogen) atoms. The van der Waals surface area contributed by atoms with E-state index in [2.05, 4.69) is 41.9 Å². The third-order valence-corrected chi connectivity index (χ3v) is 3.46. The quantitative estimate of drug-likeness (QED) is 0.722. The van der Waals surface area contributed by atoms with Crippen LogP contribution in [0.25, 0.3) is 11.0 Å². The van der Waals surface area contributed by atoms with Crippen LogP contribution >= 0.6 is 15.9 Å². The lowest BCUT2D eigenvalue weighted by atomic mass is 10.0. The predicted molar refractivity (Wildman–Crippen MR) is 62.7 cm³/mol. The highest BCUT2D eigenvalue weighted by molar-refractivity contribution is 9.10. The van der Waals surface area contributed by atoms with E-state index in [-0.39, 0.29) is 0 Å². The molecule has 0 unspecified atom stereocenters. The van der Waals surface area contributed by atoms with Gasteiger partial charge in [-0.05, 0) is 46.5 Å². The molecule has 2 heteroatoms. The van der Waals surface area contributed by atoms with Gasteiger partial charge in [-0.1, -0.05) is 19.9 Å². The molecule has 0 aliphatic heterocycles. The fraction of sp³-hybridized carbons (Fsp3) is 0.333. The van der Waals surface area contributed by atoms with Crippen molar-refractivity contribution in [2.75, 3.05) is 0 Å². The Morgan fingerprint density at radius 1 is 1.29 bits per heavy atom. The third-order valence-electron chi connectivity index (χ3n) is 2.48. The van der Waals surface area contributed by atoms with E-state index in [1.807, 2.05) is 13.0 Å². The van der Waals surface area contributed by atoms with Crippen LogP contribution in [0.3, 0.4) is 0 Å². The normalized spacial score (nSPS) is 11.5. The number of aryl methyl sites for hydroxylation is 1. The van der Waals surface area contributed by atoms with Gasteiger partial charge in [0.1, 0.15) is 11.3 Å². The van der Waals surface area contributed by atoms with Crippen LogP contribution in [0.1, 0.15) is 31.1 Å². The number of hydrogen-bond acceptors (Lipinski definition) is 1. The topological polar surface area (TPSA) is 13.1 Å². The van der Waals surface area contributed by atoms with Crippen molar-refractivity contribution in [1.29, 1.82) is 0 Å². The van der Waals surface area contributed by atoms with Crippen molar-refractivity contribution in [3.63, 3.8) is 0 Å². The fourth-order valence-corrected chi connectivity index (χ4v) is 1.96. The maximum atomic E-state index is 5.59. The zero-order valence-corrected chi connectivity index (χ0v) is 10.2. The monoisotopic (exact) mass is 252 g/mol. The van der Waals surface area contributed by atoms with Crippen LogP contribution in [-0.2, 0) is 0 Å². The Balaban J connectivity index is 2.69. The lowest BCUT2D eigenvalue weighted by Crippen LogP contribution is -1.85. The predicted octanol–water partition coefficient (Wildman–Crippen LogP) is 4.63. The van der Waals surface area contributed by atoms with Crippen LogP contribution in [0, 0.1) is 6.92 Å². The SMILES string of the molecule is Cc1oc2ccc(C(C)C)cc2c1Br. The van der Waals surface area contributed by atoms with Gasteiger partial charge in [-0.2, -0.15) is 0 Å². The molecule has 0 bridgehead atoms. The second kappa shape index (κ2) is 3.43. The first-order valence-electron chi connectivity index (χ1n) is 4.78. The molecule has 0 saturated heterocycles. The van der Waals surface area contributed by atoms with Crippen LogP contribution < -0.4 is 0 Å². The highest BCUT2D eigenvalue weighted by Crippen LogP contribution is 2.32. The average Bonchev–Trinajstić information content (AvgIpc) is 2.43. The summed E-state index contributed by atoms with van der Waals surface area (Å²) in [5.74, 6) is 1.50. The summed E-state index contributed by atoms with van der Waals surface area (Å²) in [5.41, 5.74) is 2.30. The summed E-state index contributed by atoms with van der Waals surface area (Å²) in [7, 11) is 0. The Bertz CT molecular complexity index is 468. The first kappa shape index (κ1) is 9.78. The van der Waals surface area contributed by atoms with Gasteiger partial charge in [-0.3, -0.25) is 0 Å². The minimum absolute atomic E-state index is 0.557. The van der Waals surface area contributed by atoms with Crippen LogP contribution in [0.15, 0.2) is 27.1 Å². The summed E-state index contributed by atoms with van der Waals surface area (Å²) >= 11 is 3.54. The van der Waals surface area contributed by atoms with Crippen molar-refractivity contribution in [1.82, 2.24) is 0 Å². The number of hydrogen-bond donors (Lipinski definition) is 0. The zero-order valence-electron chi connectivity index (χ0n) is 8.60. The van der Waals surface area contributed by atoms with Crippen LogP contribution in [0.5, 0.6) is 0 Å². The largest absolute Gasteiger partial charge is 0.460 e. The minimum atomic E-state index is 0.557. The van der Waals surface area contributed by atoms with Crippen LogP contribution in [0.4, 0.5) is 0 Å². The van der Waals surface area contributed by atoms with Crippen LogP contribution in [0.2, 0.25) is 0 Å². The van der Waals surface area contributed by atoms with E-state index in [1.54, 1.807) is 0 Å². The van der Waals surface area contributed by atoms with E-state index >= 15 is 0 Å². The van der Waals surface area contributed by atoms with Gasteiger partial charge >= 0.3 is 0 Å². The van der Waals surface area contributed by atoms with E-state index in [9.17, 15) is 0 Å². The summed E-state index contributed by atoms with van der Waals surface area (Å²) in [4.78, 5) is 0. The summed E-state index contributed by atoms with van der Waals surface area (Å²) in [5, 5.41) is 1.17. The first-order chi connectivity index (χ1) is 6.59. The number of furan rings is 1. The molecule has 0 amide bonds. The highest BCUT2D eigenvalue weighted by atomic mass is 79.9. The van der Waals surface area contributed by atoms with Crippen molar-refractivity contribution in [2.45, 2.75) is 26.7 Å². The molecule has 74 valence electrons. The van der Waals surface area contributed by atoms with Crippen molar-refractivity contribution in [3.8, 4) is 0 Å². The van der Waals surface area contributed by atoms with Gasteiger partial charge in [0.05, 0.1) is 4.47 Å². The molecule has 1 aromatic heterocycles. The Hall–Kier alpha value is -0.760. The molecule has 2 aromatic rings. The van der Waals surface area contributed by atoms with Gasteiger partial charge in [0.2, 0.25) is 0 Å². The van der Waals surface area contributed by atoms with Gasteiger partial charge in [0.15, 0.2) is 0 Å². The molecule has 2 rings (SSSR count). The van der Waals surface area contributed by atoms with Crippen molar-refractivity contribution >= 4 is 26.9 Å². The molecule has 0 atom stereocenters. The molecular formula is C12H13BrO. The highest BCUT2D eigenvalue weighted by Gasteiger charge is 2.09. The zero-order chi connectivity index (χ0) is 10.3. The Labute approximate surface area is 92.2 Å². The molecular weight excluding hydrogens is 240 g/mol. The number of rotatable bonds is 1. The molecule has 0 aliphatic rings. The maximum absolute atomic E-state index is 5.59. The standard InChI is InChI=1S/C12H13BrO/c1-7(2)9-4-5-11-10(6-9)12(13)8(3)14-11/h4-7H,1-3H3. The lowest BCUT2D eigenvalue weighted by molar-refractivity contribution is 0.576. The molecule has 0 saturated carbocycles. The molecule has 0 N–H and O–H groups in total. The van der Waals surface area contributed by atoms with Crippen molar-refractivity contribution in [3.05, 3.63) is 34.0 Å². The van der Waals surface area contributed by atoms with E-state index in [1.165, 1.54) is 10.9 Å². The number of halogens is 1. The Morgan fingerprint density at radius 3 is 2.64 bits per heavy atom. The summed E-state index contributed by atoms with van der Waals surface area (Å²) in [6.45, 7) is 6.36. The van der Waals surface area contributed by atoms with Crippen molar-refractivity contribution < 1.29 is 4.42 Å². The summed E-state index contributed by atoms with van der Waals surface area (Å²) < 4.78 is 6.67. The lowest BCUT2D eigenvalue weighted by Gasteiger charge is -2.03.